The van der Waals surface area contributed by atoms with Crippen LogP contribution in [0.4, 0.5) is 18.9 Å². The Morgan fingerprint density at radius 1 is 1.20 bits per heavy atom. The molecule has 0 radical (unpaired) electrons. The Hall–Kier alpha value is -2.77. The molecule has 0 spiro atoms. The number of benzene rings is 1. The molecular weight excluding hydrogens is 337 g/mol. The predicted octanol–water partition coefficient (Wildman–Crippen LogP) is 4.06. The summed E-state index contributed by atoms with van der Waals surface area (Å²) in [7, 11) is 0. The van der Waals surface area contributed by atoms with Gasteiger partial charge in [0.05, 0.1) is 17.4 Å². The quantitative estimate of drug-likeness (QED) is 0.850. The number of alkyl halides is 3. The molecule has 0 unspecified atom stereocenters. The summed E-state index contributed by atoms with van der Waals surface area (Å²) in [5, 5.41) is 2.51. The smallest absolute Gasteiger partial charge is 0.422 e. The number of para-hydroxylation sites is 2. The topological polar surface area (TPSA) is 60.5 Å². The number of hydrogen-bond donors (Lipinski definition) is 1. The number of nitrogens with one attached hydrogen (secondary N) is 1. The standard InChI is InChI=1S/C17H17F3N2O3/c1-11(2)25-15-8-7-12(9-21-15)16(23)22-13-5-3-4-6-14(13)24-10-17(18,19)20/h3-9,11H,10H2,1-2H3,(H,22,23). The van der Waals surface area contributed by atoms with Crippen molar-refractivity contribution in [3.63, 3.8) is 0 Å². The lowest BCUT2D eigenvalue weighted by Gasteiger charge is -2.14. The van der Waals surface area contributed by atoms with Gasteiger partial charge >= 0.3 is 6.18 Å². The molecule has 0 aliphatic rings. The van der Waals surface area contributed by atoms with E-state index in [0.717, 1.165) is 0 Å². The van der Waals surface area contributed by atoms with Gasteiger partial charge in [0.1, 0.15) is 5.75 Å². The maximum Gasteiger partial charge on any atom is 0.422 e. The highest BCUT2D eigenvalue weighted by molar-refractivity contribution is 6.04. The number of nitrogens with zero attached hydrogens (tertiary/aromatic N) is 1. The van der Waals surface area contributed by atoms with Crippen molar-refractivity contribution in [1.82, 2.24) is 4.98 Å². The van der Waals surface area contributed by atoms with Gasteiger partial charge in [-0.15, -0.1) is 0 Å². The molecule has 1 amide bonds. The molecule has 0 atom stereocenters. The molecule has 1 heterocycles. The normalized spacial score (nSPS) is 11.3. The summed E-state index contributed by atoms with van der Waals surface area (Å²) in [4.78, 5) is 16.2. The van der Waals surface area contributed by atoms with Crippen molar-refractivity contribution >= 4 is 11.6 Å². The Balaban J connectivity index is 2.07. The molecule has 0 aliphatic heterocycles. The zero-order chi connectivity index (χ0) is 18.4. The average molecular weight is 354 g/mol. The molecule has 2 rings (SSSR count). The van der Waals surface area contributed by atoms with E-state index in [1.165, 1.54) is 30.5 Å². The van der Waals surface area contributed by atoms with Gasteiger partial charge in [-0.25, -0.2) is 4.98 Å². The molecule has 0 saturated heterocycles. The zero-order valence-corrected chi connectivity index (χ0v) is 13.6. The van der Waals surface area contributed by atoms with Gasteiger partial charge in [-0.1, -0.05) is 12.1 Å². The third-order valence-electron chi connectivity index (χ3n) is 2.88. The molecule has 1 aromatic carbocycles. The van der Waals surface area contributed by atoms with E-state index in [4.69, 9.17) is 9.47 Å². The van der Waals surface area contributed by atoms with Crippen LogP contribution in [0.5, 0.6) is 11.6 Å². The van der Waals surface area contributed by atoms with E-state index in [9.17, 15) is 18.0 Å². The van der Waals surface area contributed by atoms with E-state index >= 15 is 0 Å². The first kappa shape index (κ1) is 18.6. The van der Waals surface area contributed by atoms with E-state index < -0.39 is 18.7 Å². The monoisotopic (exact) mass is 354 g/mol. The summed E-state index contributed by atoms with van der Waals surface area (Å²) >= 11 is 0. The van der Waals surface area contributed by atoms with Crippen molar-refractivity contribution in [1.29, 1.82) is 0 Å². The highest BCUT2D eigenvalue weighted by Crippen LogP contribution is 2.26. The second-order valence-corrected chi connectivity index (χ2v) is 5.41. The lowest BCUT2D eigenvalue weighted by Crippen LogP contribution is -2.20. The van der Waals surface area contributed by atoms with Gasteiger partial charge in [-0.2, -0.15) is 13.2 Å². The number of hydrogen-bond acceptors (Lipinski definition) is 4. The highest BCUT2D eigenvalue weighted by atomic mass is 19.4. The predicted molar refractivity (Wildman–Crippen MR) is 85.9 cm³/mol. The maximum absolute atomic E-state index is 12.3. The third kappa shape index (κ3) is 5.98. The van der Waals surface area contributed by atoms with Crippen molar-refractivity contribution in [2.75, 3.05) is 11.9 Å². The largest absolute Gasteiger partial charge is 0.482 e. The second kappa shape index (κ2) is 7.87. The van der Waals surface area contributed by atoms with Crippen molar-refractivity contribution in [2.24, 2.45) is 0 Å². The van der Waals surface area contributed by atoms with Gasteiger partial charge in [-0.3, -0.25) is 4.79 Å². The van der Waals surface area contributed by atoms with E-state index in [1.807, 2.05) is 13.8 Å². The van der Waals surface area contributed by atoms with Crippen LogP contribution < -0.4 is 14.8 Å². The van der Waals surface area contributed by atoms with E-state index in [1.54, 1.807) is 12.1 Å². The Morgan fingerprint density at radius 2 is 1.92 bits per heavy atom. The van der Waals surface area contributed by atoms with Gasteiger partial charge in [0, 0.05) is 12.3 Å². The average Bonchev–Trinajstić information content (AvgIpc) is 2.53. The first-order valence-corrected chi connectivity index (χ1v) is 7.47. The molecule has 1 aromatic heterocycles. The summed E-state index contributed by atoms with van der Waals surface area (Å²) in [5.41, 5.74) is 0.376. The van der Waals surface area contributed by atoms with Crippen LogP contribution in [0, 0.1) is 0 Å². The van der Waals surface area contributed by atoms with Crippen molar-refractivity contribution < 1.29 is 27.4 Å². The molecule has 0 saturated carbocycles. The molecule has 2 aromatic rings. The van der Waals surface area contributed by atoms with E-state index in [-0.39, 0.29) is 23.1 Å². The highest BCUT2D eigenvalue weighted by Gasteiger charge is 2.28. The summed E-state index contributed by atoms with van der Waals surface area (Å²) in [6.07, 6.45) is -3.19. The first-order chi connectivity index (χ1) is 11.7. The number of pyridine rings is 1. The van der Waals surface area contributed by atoms with Crippen LogP contribution in [0.1, 0.15) is 24.2 Å². The second-order valence-electron chi connectivity index (χ2n) is 5.41. The SMILES string of the molecule is CC(C)Oc1ccc(C(=O)Nc2ccccc2OCC(F)(F)F)cn1. The van der Waals surface area contributed by atoms with Crippen molar-refractivity contribution in [3.8, 4) is 11.6 Å². The Morgan fingerprint density at radius 3 is 2.52 bits per heavy atom. The van der Waals surface area contributed by atoms with Gasteiger partial charge < -0.3 is 14.8 Å². The Kier molecular flexibility index (Phi) is 5.84. The minimum atomic E-state index is -4.46. The van der Waals surface area contributed by atoms with Gasteiger partial charge in [0.2, 0.25) is 5.88 Å². The molecule has 1 N–H and O–H groups in total. The number of carbonyl (C=O) groups excluding carboxylic acids is 1. The van der Waals surface area contributed by atoms with Crippen LogP contribution in [0.3, 0.4) is 0 Å². The molecule has 134 valence electrons. The number of ether oxygens (including phenoxy) is 2. The number of anilines is 1. The Bertz CT molecular complexity index is 716. The van der Waals surface area contributed by atoms with Gasteiger partial charge in [0.15, 0.2) is 6.61 Å². The van der Waals surface area contributed by atoms with Crippen LogP contribution in [0.25, 0.3) is 0 Å². The van der Waals surface area contributed by atoms with E-state index in [0.29, 0.717) is 5.88 Å². The van der Waals surface area contributed by atoms with Crippen LogP contribution in [0.15, 0.2) is 42.6 Å². The molecule has 0 fully saturated rings. The minimum Gasteiger partial charge on any atom is -0.482 e. The molecule has 25 heavy (non-hydrogen) atoms. The van der Waals surface area contributed by atoms with Gasteiger partial charge in [-0.05, 0) is 32.0 Å². The van der Waals surface area contributed by atoms with E-state index in [2.05, 4.69) is 10.3 Å². The van der Waals surface area contributed by atoms with Crippen molar-refractivity contribution in [3.05, 3.63) is 48.2 Å². The summed E-state index contributed by atoms with van der Waals surface area (Å²) < 4.78 is 47.0. The van der Waals surface area contributed by atoms with Crippen molar-refractivity contribution in [2.45, 2.75) is 26.1 Å². The number of halogens is 3. The number of aromatic nitrogens is 1. The molecule has 5 nitrogen and oxygen atoms in total. The minimum absolute atomic E-state index is 0.0511. The van der Waals surface area contributed by atoms with Crippen LogP contribution in [-0.2, 0) is 0 Å². The van der Waals surface area contributed by atoms with Crippen LogP contribution >= 0.6 is 0 Å². The summed E-state index contributed by atoms with van der Waals surface area (Å²) in [6, 6.07) is 8.95. The van der Waals surface area contributed by atoms with Crippen LogP contribution in [-0.4, -0.2) is 29.8 Å². The maximum atomic E-state index is 12.3. The zero-order valence-electron chi connectivity index (χ0n) is 13.6. The Labute approximate surface area is 142 Å². The number of amides is 1. The molecule has 8 heteroatoms. The molecule has 0 aliphatic carbocycles. The summed E-state index contributed by atoms with van der Waals surface area (Å²) in [5.74, 6) is -0.215. The first-order valence-electron chi connectivity index (χ1n) is 7.47. The lowest BCUT2D eigenvalue weighted by molar-refractivity contribution is -0.153. The fraction of sp³-hybridized carbons (Fsp3) is 0.294. The van der Waals surface area contributed by atoms with Crippen LogP contribution in [0.2, 0.25) is 0 Å². The summed E-state index contributed by atoms with van der Waals surface area (Å²) in [6.45, 7) is 2.25. The molecule has 0 bridgehead atoms. The molecular formula is C17H17F3N2O3. The third-order valence-corrected chi connectivity index (χ3v) is 2.88. The number of rotatable bonds is 6. The fourth-order valence-electron chi connectivity index (χ4n) is 1.88. The fourth-order valence-corrected chi connectivity index (χ4v) is 1.88. The number of carbonyl (C=O) groups is 1. The lowest BCUT2D eigenvalue weighted by atomic mass is 10.2. The van der Waals surface area contributed by atoms with Gasteiger partial charge in [0.25, 0.3) is 5.91 Å².